The zero-order chi connectivity index (χ0) is 25.3. The molecule has 2 atom stereocenters. The van der Waals surface area contributed by atoms with Gasteiger partial charge in [-0.05, 0) is 75.3 Å². The van der Waals surface area contributed by atoms with Gasteiger partial charge in [-0.25, -0.2) is 14.4 Å². The molecule has 1 aromatic heterocycles. The van der Waals surface area contributed by atoms with Crippen molar-refractivity contribution < 1.29 is 19.0 Å². The van der Waals surface area contributed by atoms with Crippen molar-refractivity contribution in [1.82, 2.24) is 14.9 Å². The molecule has 5 rings (SSSR count). The highest BCUT2D eigenvalue weighted by Gasteiger charge is 2.43. The van der Waals surface area contributed by atoms with Gasteiger partial charge in [-0.3, -0.25) is 4.79 Å². The largest absolute Gasteiger partial charge is 0.493 e. The average molecular weight is 497 g/mol. The summed E-state index contributed by atoms with van der Waals surface area (Å²) in [5, 5.41) is 10.1. The molecule has 8 heteroatoms. The number of anilines is 1. The molecule has 1 aromatic carbocycles. The predicted octanol–water partition coefficient (Wildman–Crippen LogP) is 3.94. The van der Waals surface area contributed by atoms with Gasteiger partial charge in [0.2, 0.25) is 11.9 Å². The Labute approximate surface area is 212 Å². The highest BCUT2D eigenvalue weighted by molar-refractivity contribution is 5.79. The van der Waals surface area contributed by atoms with Crippen LogP contribution in [0.25, 0.3) is 0 Å². The number of hydrogen-bond donors (Lipinski definition) is 1. The number of likely N-dealkylation sites (tertiary alicyclic amines) is 1. The molecule has 3 fully saturated rings. The van der Waals surface area contributed by atoms with E-state index in [-0.39, 0.29) is 18.1 Å². The normalized spacial score (nSPS) is 22.3. The van der Waals surface area contributed by atoms with Gasteiger partial charge >= 0.3 is 0 Å². The van der Waals surface area contributed by atoms with Gasteiger partial charge in [-0.15, -0.1) is 0 Å². The molecule has 1 N–H and O–H groups in total. The molecule has 2 aromatic rings. The maximum absolute atomic E-state index is 14.5. The Balaban J connectivity index is 1.02. The summed E-state index contributed by atoms with van der Waals surface area (Å²) in [6.45, 7) is 7.55. The van der Waals surface area contributed by atoms with Crippen LogP contribution in [0, 0.1) is 23.6 Å². The number of carbonyl (C=O) groups is 1. The van der Waals surface area contributed by atoms with Gasteiger partial charge in [0, 0.05) is 50.2 Å². The van der Waals surface area contributed by atoms with Crippen molar-refractivity contribution in [1.29, 1.82) is 0 Å². The van der Waals surface area contributed by atoms with Gasteiger partial charge in [0.15, 0.2) is 0 Å². The number of aromatic nitrogens is 2. The smallest absolute Gasteiger partial charge is 0.227 e. The van der Waals surface area contributed by atoms with Gasteiger partial charge in [-0.2, -0.15) is 0 Å². The summed E-state index contributed by atoms with van der Waals surface area (Å²) in [5.41, 5.74) is 0.230. The van der Waals surface area contributed by atoms with Crippen LogP contribution >= 0.6 is 0 Å². The molecular formula is C28H37FN4O3. The molecule has 1 aliphatic carbocycles. The lowest BCUT2D eigenvalue weighted by molar-refractivity contribution is -0.133. The van der Waals surface area contributed by atoms with Crippen LogP contribution in [0.1, 0.15) is 57.1 Å². The fourth-order valence-corrected chi connectivity index (χ4v) is 5.44. The molecule has 194 valence electrons. The van der Waals surface area contributed by atoms with Crippen LogP contribution in [0.5, 0.6) is 5.75 Å². The predicted molar refractivity (Wildman–Crippen MR) is 135 cm³/mol. The number of nitrogens with zero attached hydrogens (tertiary/aromatic N) is 4. The molecular weight excluding hydrogens is 459 g/mol. The van der Waals surface area contributed by atoms with Crippen LogP contribution < -0.4 is 9.64 Å². The second kappa shape index (κ2) is 10.3. The highest BCUT2D eigenvalue weighted by Crippen LogP contribution is 2.49. The van der Waals surface area contributed by atoms with Crippen LogP contribution in [0.3, 0.4) is 0 Å². The molecule has 1 amide bonds. The number of aliphatic hydroxyl groups is 1. The Morgan fingerprint density at radius 2 is 1.89 bits per heavy atom. The number of amides is 1. The van der Waals surface area contributed by atoms with E-state index in [0.29, 0.717) is 23.8 Å². The van der Waals surface area contributed by atoms with Crippen molar-refractivity contribution in [2.75, 3.05) is 37.7 Å². The fourth-order valence-electron chi connectivity index (χ4n) is 5.44. The number of carbonyl (C=O) groups excluding carboxylic acids is 1. The van der Waals surface area contributed by atoms with Crippen molar-refractivity contribution in [2.45, 2.75) is 58.0 Å². The lowest BCUT2D eigenvalue weighted by Gasteiger charge is -2.32. The Hall–Kier alpha value is -2.74. The zero-order valence-electron chi connectivity index (χ0n) is 21.3. The third-order valence-corrected chi connectivity index (χ3v) is 8.08. The first-order valence-corrected chi connectivity index (χ1v) is 13.3. The summed E-state index contributed by atoms with van der Waals surface area (Å²) in [7, 11) is 0. The summed E-state index contributed by atoms with van der Waals surface area (Å²) in [4.78, 5) is 25.0. The molecule has 3 aliphatic rings. The van der Waals surface area contributed by atoms with Crippen LogP contribution in [-0.4, -0.2) is 58.7 Å². The van der Waals surface area contributed by atoms with Crippen molar-refractivity contribution in [3.8, 4) is 5.75 Å². The molecule has 3 heterocycles. The molecule has 2 aliphatic heterocycles. The first kappa shape index (κ1) is 24.9. The number of ether oxygens (including phenoxy) is 1. The van der Waals surface area contributed by atoms with E-state index in [1.54, 1.807) is 43.3 Å². The topological polar surface area (TPSA) is 78.8 Å². The van der Waals surface area contributed by atoms with Crippen molar-refractivity contribution in [3.05, 3.63) is 47.5 Å². The van der Waals surface area contributed by atoms with E-state index in [1.165, 1.54) is 12.5 Å². The summed E-state index contributed by atoms with van der Waals surface area (Å²) in [6.07, 6.45) is 9.11. The van der Waals surface area contributed by atoms with Gasteiger partial charge in [0.05, 0.1) is 18.6 Å². The molecule has 0 spiro atoms. The quantitative estimate of drug-likeness (QED) is 0.567. The number of rotatable bonds is 9. The third-order valence-electron chi connectivity index (χ3n) is 8.08. The van der Waals surface area contributed by atoms with E-state index < -0.39 is 5.60 Å². The molecule has 7 nitrogen and oxygen atoms in total. The van der Waals surface area contributed by atoms with Crippen molar-refractivity contribution in [2.24, 2.45) is 17.8 Å². The Morgan fingerprint density at radius 3 is 2.50 bits per heavy atom. The lowest BCUT2D eigenvalue weighted by Crippen LogP contribution is -2.42. The highest BCUT2D eigenvalue weighted by atomic mass is 19.1. The van der Waals surface area contributed by atoms with Crippen LogP contribution in [0.15, 0.2) is 30.6 Å². The first-order chi connectivity index (χ1) is 17.3. The van der Waals surface area contributed by atoms with E-state index in [9.17, 15) is 14.3 Å². The van der Waals surface area contributed by atoms with E-state index in [4.69, 9.17) is 4.74 Å². The Kier molecular flexibility index (Phi) is 7.15. The van der Waals surface area contributed by atoms with Gasteiger partial charge in [0.1, 0.15) is 11.6 Å². The van der Waals surface area contributed by atoms with Crippen LogP contribution in [0.4, 0.5) is 10.3 Å². The Morgan fingerprint density at radius 1 is 1.17 bits per heavy atom. The number of hydrogen-bond acceptors (Lipinski definition) is 6. The minimum atomic E-state index is -0.929. The molecule has 2 saturated heterocycles. The SMILES string of the molecule is CC(C)(O)c1cnc(N2CCC([C@H]3C[C@H]3CCOc3ccc(CC(=O)N4CCC4)c(F)c3)CC2)nc1. The average Bonchev–Trinajstić information content (AvgIpc) is 3.59. The van der Waals surface area contributed by atoms with E-state index in [1.807, 2.05) is 0 Å². The van der Waals surface area contributed by atoms with Gasteiger partial charge in [0.25, 0.3) is 0 Å². The third kappa shape index (κ3) is 5.80. The number of benzene rings is 1. The maximum atomic E-state index is 14.5. The van der Waals surface area contributed by atoms with Crippen molar-refractivity contribution >= 4 is 11.9 Å². The minimum Gasteiger partial charge on any atom is -0.493 e. The van der Waals surface area contributed by atoms with Crippen LogP contribution in [0.2, 0.25) is 0 Å². The van der Waals surface area contributed by atoms with E-state index in [0.717, 1.165) is 75.2 Å². The monoisotopic (exact) mass is 496 g/mol. The van der Waals surface area contributed by atoms with Crippen molar-refractivity contribution in [3.63, 3.8) is 0 Å². The summed E-state index contributed by atoms with van der Waals surface area (Å²) in [5.74, 6) is 3.07. The number of halogens is 1. The zero-order valence-corrected chi connectivity index (χ0v) is 21.3. The minimum absolute atomic E-state index is 0.00408. The lowest BCUT2D eigenvalue weighted by atomic mass is 9.90. The second-order valence-corrected chi connectivity index (χ2v) is 11.1. The van der Waals surface area contributed by atoms with Gasteiger partial charge < -0.3 is 19.6 Å². The van der Waals surface area contributed by atoms with Gasteiger partial charge in [-0.1, -0.05) is 6.07 Å². The van der Waals surface area contributed by atoms with E-state index >= 15 is 0 Å². The van der Waals surface area contributed by atoms with Crippen LogP contribution in [-0.2, 0) is 16.8 Å². The number of piperidine rings is 1. The second-order valence-electron chi connectivity index (χ2n) is 11.1. The molecule has 36 heavy (non-hydrogen) atoms. The first-order valence-electron chi connectivity index (χ1n) is 13.3. The summed E-state index contributed by atoms with van der Waals surface area (Å²) in [6, 6.07) is 4.87. The summed E-state index contributed by atoms with van der Waals surface area (Å²) < 4.78 is 20.3. The molecule has 0 radical (unpaired) electrons. The molecule has 0 bridgehead atoms. The fraction of sp³-hybridized carbons (Fsp3) is 0.607. The Bertz CT molecular complexity index is 1060. The maximum Gasteiger partial charge on any atom is 0.227 e. The van der Waals surface area contributed by atoms with E-state index in [2.05, 4.69) is 14.9 Å². The summed E-state index contributed by atoms with van der Waals surface area (Å²) >= 11 is 0. The molecule has 1 saturated carbocycles. The molecule has 0 unspecified atom stereocenters. The standard InChI is InChI=1S/C28H37FN4O3/c1-28(2,35)22-17-30-27(31-18-22)33-11-6-19(7-12-33)24-14-20(24)8-13-36-23-5-4-21(25(29)16-23)15-26(34)32-9-3-10-32/h4-5,16-20,24,35H,3,6-15H2,1-2H3/t20-,24-/m1/s1.